The summed E-state index contributed by atoms with van der Waals surface area (Å²) in [7, 11) is 0. The summed E-state index contributed by atoms with van der Waals surface area (Å²) in [5.41, 5.74) is 2.70. The van der Waals surface area contributed by atoms with Gasteiger partial charge in [0.2, 0.25) is 0 Å². The molecule has 0 radical (unpaired) electrons. The lowest BCUT2D eigenvalue weighted by Gasteiger charge is -1.99. The number of aryl methyl sites for hydroxylation is 2. The largest absolute Gasteiger partial charge is 0.270 e. The molecule has 1 aromatic rings. The molecule has 64 valence electrons. The zero-order chi connectivity index (χ0) is 9.14. The Morgan fingerprint density at radius 3 is 2.33 bits per heavy atom. The molecule has 0 aromatic heterocycles. The van der Waals surface area contributed by atoms with E-state index in [1.165, 1.54) is 0 Å². The number of benzene rings is 1. The van der Waals surface area contributed by atoms with E-state index >= 15 is 0 Å². The Balaban J connectivity index is 3.05. The Labute approximate surface area is 70.5 Å². The number of hydrogen-bond donors (Lipinski definition) is 0. The SMILES string of the molecule is Cc1ccc(C=C(F)F)cc1C. The predicted molar refractivity (Wildman–Crippen MR) is 46.1 cm³/mol. The summed E-state index contributed by atoms with van der Waals surface area (Å²) in [5.74, 6) is 0. The van der Waals surface area contributed by atoms with Crippen molar-refractivity contribution in [3.63, 3.8) is 0 Å². The fraction of sp³-hybridized carbons (Fsp3) is 0.200. The van der Waals surface area contributed by atoms with Crippen LogP contribution in [-0.4, -0.2) is 0 Å². The molecule has 0 saturated heterocycles. The lowest BCUT2D eigenvalue weighted by molar-refractivity contribution is 0.429. The molecule has 12 heavy (non-hydrogen) atoms. The lowest BCUT2D eigenvalue weighted by atomic mass is 10.1. The summed E-state index contributed by atoms with van der Waals surface area (Å²) in [4.78, 5) is 0. The third-order valence-electron chi connectivity index (χ3n) is 1.81. The van der Waals surface area contributed by atoms with E-state index in [0.29, 0.717) is 5.56 Å². The summed E-state index contributed by atoms with van der Waals surface area (Å²) in [5, 5.41) is 0. The minimum absolute atomic E-state index is 0.554. The molecule has 0 aliphatic carbocycles. The van der Waals surface area contributed by atoms with Gasteiger partial charge in [0.05, 0.1) is 0 Å². The van der Waals surface area contributed by atoms with E-state index in [1.807, 2.05) is 19.9 Å². The van der Waals surface area contributed by atoms with Crippen molar-refractivity contribution in [2.75, 3.05) is 0 Å². The maximum Gasteiger partial charge on any atom is 0.270 e. The molecule has 0 atom stereocenters. The third kappa shape index (κ3) is 2.16. The summed E-state index contributed by atoms with van der Waals surface area (Å²) in [6.45, 7) is 3.86. The standard InChI is InChI=1S/C10H10F2/c1-7-3-4-9(5-8(7)2)6-10(11)12/h3-6H,1-2H3. The van der Waals surface area contributed by atoms with Gasteiger partial charge in [0, 0.05) is 6.08 Å². The van der Waals surface area contributed by atoms with Crippen LogP contribution in [0.5, 0.6) is 0 Å². The van der Waals surface area contributed by atoms with Crippen molar-refractivity contribution in [3.05, 3.63) is 41.0 Å². The molecule has 1 aromatic carbocycles. The van der Waals surface area contributed by atoms with Crippen molar-refractivity contribution < 1.29 is 8.78 Å². The van der Waals surface area contributed by atoms with Crippen molar-refractivity contribution in [2.24, 2.45) is 0 Å². The van der Waals surface area contributed by atoms with Crippen molar-refractivity contribution in [2.45, 2.75) is 13.8 Å². The predicted octanol–water partition coefficient (Wildman–Crippen LogP) is 3.54. The molecule has 0 saturated carbocycles. The summed E-state index contributed by atoms with van der Waals surface area (Å²) >= 11 is 0. The molecule has 0 spiro atoms. The minimum atomic E-state index is -1.65. The molecular weight excluding hydrogens is 158 g/mol. The van der Waals surface area contributed by atoms with Crippen LogP contribution in [0.2, 0.25) is 0 Å². The van der Waals surface area contributed by atoms with Gasteiger partial charge in [-0.1, -0.05) is 18.2 Å². The first-order valence-corrected chi connectivity index (χ1v) is 3.69. The maximum atomic E-state index is 11.8. The molecule has 0 aliphatic rings. The highest BCUT2D eigenvalue weighted by Gasteiger charge is 1.95. The highest BCUT2D eigenvalue weighted by Crippen LogP contribution is 2.13. The number of rotatable bonds is 1. The van der Waals surface area contributed by atoms with Gasteiger partial charge in [-0.25, -0.2) is 0 Å². The van der Waals surface area contributed by atoms with E-state index in [0.717, 1.165) is 17.2 Å². The Bertz CT molecular complexity index is 310. The first kappa shape index (κ1) is 8.91. The summed E-state index contributed by atoms with van der Waals surface area (Å²) in [6.07, 6.45) is -0.787. The Morgan fingerprint density at radius 2 is 1.83 bits per heavy atom. The Kier molecular flexibility index (Phi) is 2.58. The van der Waals surface area contributed by atoms with E-state index in [1.54, 1.807) is 12.1 Å². The van der Waals surface area contributed by atoms with E-state index in [2.05, 4.69) is 0 Å². The minimum Gasteiger partial charge on any atom is -0.173 e. The fourth-order valence-corrected chi connectivity index (χ4v) is 0.980. The molecule has 2 heteroatoms. The normalized spacial score (nSPS) is 9.67. The highest BCUT2D eigenvalue weighted by atomic mass is 19.3. The van der Waals surface area contributed by atoms with Gasteiger partial charge in [-0.05, 0) is 30.5 Å². The smallest absolute Gasteiger partial charge is 0.173 e. The van der Waals surface area contributed by atoms with Gasteiger partial charge in [0.1, 0.15) is 0 Å². The lowest BCUT2D eigenvalue weighted by Crippen LogP contribution is -1.81. The molecule has 0 N–H and O–H groups in total. The van der Waals surface area contributed by atoms with Crippen LogP contribution in [0.4, 0.5) is 8.78 Å². The topological polar surface area (TPSA) is 0 Å². The zero-order valence-corrected chi connectivity index (χ0v) is 7.07. The van der Waals surface area contributed by atoms with Crippen LogP contribution in [0.15, 0.2) is 24.3 Å². The molecular formula is C10H10F2. The van der Waals surface area contributed by atoms with Crippen LogP contribution in [0, 0.1) is 13.8 Å². The van der Waals surface area contributed by atoms with Crippen molar-refractivity contribution in [1.82, 2.24) is 0 Å². The first-order chi connectivity index (χ1) is 5.59. The van der Waals surface area contributed by atoms with Gasteiger partial charge >= 0.3 is 0 Å². The zero-order valence-electron chi connectivity index (χ0n) is 7.07. The van der Waals surface area contributed by atoms with Crippen LogP contribution in [0.1, 0.15) is 16.7 Å². The van der Waals surface area contributed by atoms with Crippen molar-refractivity contribution in [3.8, 4) is 0 Å². The summed E-state index contributed by atoms with van der Waals surface area (Å²) < 4.78 is 23.6. The average Bonchev–Trinajstić information content (AvgIpc) is 1.96. The van der Waals surface area contributed by atoms with Crippen LogP contribution in [0.3, 0.4) is 0 Å². The molecule has 0 nitrogen and oxygen atoms in total. The molecule has 0 bridgehead atoms. The van der Waals surface area contributed by atoms with Crippen LogP contribution >= 0.6 is 0 Å². The molecule has 1 rings (SSSR count). The number of hydrogen-bond acceptors (Lipinski definition) is 0. The fourth-order valence-electron chi connectivity index (χ4n) is 0.980. The Hall–Kier alpha value is -1.18. The van der Waals surface area contributed by atoms with Gasteiger partial charge in [0.15, 0.2) is 0 Å². The van der Waals surface area contributed by atoms with E-state index in [9.17, 15) is 8.78 Å². The monoisotopic (exact) mass is 168 g/mol. The van der Waals surface area contributed by atoms with Crippen LogP contribution < -0.4 is 0 Å². The second-order valence-electron chi connectivity index (χ2n) is 2.78. The average molecular weight is 168 g/mol. The van der Waals surface area contributed by atoms with Gasteiger partial charge < -0.3 is 0 Å². The third-order valence-corrected chi connectivity index (χ3v) is 1.81. The summed E-state index contributed by atoms with van der Waals surface area (Å²) in [6, 6.07) is 5.26. The molecule has 0 heterocycles. The number of halogens is 2. The Morgan fingerprint density at radius 1 is 1.17 bits per heavy atom. The van der Waals surface area contributed by atoms with Crippen molar-refractivity contribution in [1.29, 1.82) is 0 Å². The van der Waals surface area contributed by atoms with Gasteiger partial charge in [-0.3, -0.25) is 0 Å². The maximum absolute atomic E-state index is 11.8. The van der Waals surface area contributed by atoms with Crippen LogP contribution in [-0.2, 0) is 0 Å². The van der Waals surface area contributed by atoms with E-state index in [4.69, 9.17) is 0 Å². The van der Waals surface area contributed by atoms with Gasteiger partial charge in [0.25, 0.3) is 6.08 Å². The highest BCUT2D eigenvalue weighted by molar-refractivity contribution is 5.51. The quantitative estimate of drug-likeness (QED) is 0.601. The second kappa shape index (κ2) is 3.48. The van der Waals surface area contributed by atoms with E-state index in [-0.39, 0.29) is 0 Å². The second-order valence-corrected chi connectivity index (χ2v) is 2.78. The molecule has 0 aliphatic heterocycles. The first-order valence-electron chi connectivity index (χ1n) is 3.69. The van der Waals surface area contributed by atoms with Crippen LogP contribution in [0.25, 0.3) is 6.08 Å². The molecule has 0 fully saturated rings. The molecule has 0 unspecified atom stereocenters. The van der Waals surface area contributed by atoms with Gasteiger partial charge in [-0.2, -0.15) is 8.78 Å². The van der Waals surface area contributed by atoms with Crippen molar-refractivity contribution >= 4 is 6.08 Å². The molecule has 0 amide bonds. The van der Waals surface area contributed by atoms with Gasteiger partial charge in [-0.15, -0.1) is 0 Å². The van der Waals surface area contributed by atoms with E-state index < -0.39 is 6.08 Å².